The zero-order chi connectivity index (χ0) is 21.5. The van der Waals surface area contributed by atoms with Gasteiger partial charge < -0.3 is 20.3 Å². The smallest absolute Gasteiger partial charge is 0.253 e. The Bertz CT molecular complexity index is 901. The maximum Gasteiger partial charge on any atom is 0.253 e. The number of anilines is 2. The summed E-state index contributed by atoms with van der Waals surface area (Å²) in [4.78, 5) is 27.2. The highest BCUT2D eigenvalue weighted by molar-refractivity contribution is 6.32. The van der Waals surface area contributed by atoms with E-state index in [1.807, 2.05) is 18.2 Å². The van der Waals surface area contributed by atoms with Crippen LogP contribution in [0.15, 0.2) is 42.5 Å². The van der Waals surface area contributed by atoms with Gasteiger partial charge in [0.1, 0.15) is 5.38 Å². The molecule has 0 aromatic heterocycles. The Labute approximate surface area is 182 Å². The van der Waals surface area contributed by atoms with Gasteiger partial charge in [-0.2, -0.15) is 0 Å². The lowest BCUT2D eigenvalue weighted by molar-refractivity contribution is -0.115. The molecule has 1 heterocycles. The molecule has 0 spiro atoms. The van der Waals surface area contributed by atoms with Crippen molar-refractivity contribution in [3.63, 3.8) is 0 Å². The second-order valence-corrected chi connectivity index (χ2v) is 8.03. The van der Waals surface area contributed by atoms with E-state index in [0.29, 0.717) is 24.4 Å². The molecule has 2 aromatic rings. The molecule has 2 N–H and O–H groups in total. The molecule has 1 aliphatic heterocycles. The average molecular weight is 430 g/mol. The lowest BCUT2D eigenvalue weighted by Crippen LogP contribution is -2.33. The van der Waals surface area contributed by atoms with Gasteiger partial charge in [0.2, 0.25) is 5.91 Å². The summed E-state index contributed by atoms with van der Waals surface area (Å²) in [5.41, 5.74) is 4.55. The zero-order valence-electron chi connectivity index (χ0n) is 17.4. The molecule has 7 heteroatoms. The third-order valence-electron chi connectivity index (χ3n) is 5.15. The highest BCUT2D eigenvalue weighted by atomic mass is 35.5. The van der Waals surface area contributed by atoms with Crippen molar-refractivity contribution in [3.05, 3.63) is 59.2 Å². The zero-order valence-corrected chi connectivity index (χ0v) is 18.2. The second kappa shape index (κ2) is 10.5. The van der Waals surface area contributed by atoms with Crippen LogP contribution in [0, 0.1) is 0 Å². The first-order chi connectivity index (χ1) is 14.5. The van der Waals surface area contributed by atoms with Crippen molar-refractivity contribution in [2.45, 2.75) is 31.7 Å². The summed E-state index contributed by atoms with van der Waals surface area (Å²) in [6.45, 7) is 4.28. The van der Waals surface area contributed by atoms with E-state index in [9.17, 15) is 9.59 Å². The molecule has 1 aliphatic rings. The maximum absolute atomic E-state index is 13.0. The number of nitrogens with one attached hydrogen (secondary N) is 2. The third-order valence-corrected chi connectivity index (χ3v) is 5.35. The number of fused-ring (bicyclic) bond motifs is 1. The van der Waals surface area contributed by atoms with E-state index in [1.54, 1.807) is 20.1 Å². The number of amides is 2. The van der Waals surface area contributed by atoms with Crippen LogP contribution in [0.2, 0.25) is 0 Å². The Balaban J connectivity index is 1.85. The van der Waals surface area contributed by atoms with E-state index in [0.717, 1.165) is 31.6 Å². The molecular weight excluding hydrogens is 402 g/mol. The van der Waals surface area contributed by atoms with Crippen LogP contribution in [0.1, 0.15) is 34.8 Å². The minimum Gasteiger partial charge on any atom is -0.385 e. The largest absolute Gasteiger partial charge is 0.385 e. The Morgan fingerprint density at radius 1 is 1.20 bits per heavy atom. The predicted octanol–water partition coefficient (Wildman–Crippen LogP) is 3.58. The van der Waals surface area contributed by atoms with Crippen molar-refractivity contribution >= 4 is 34.8 Å². The number of carbonyl (C=O) groups is 2. The van der Waals surface area contributed by atoms with Gasteiger partial charge in [0.05, 0.1) is 5.56 Å². The van der Waals surface area contributed by atoms with Crippen LogP contribution in [-0.2, 0) is 22.5 Å². The quantitative estimate of drug-likeness (QED) is 0.497. The highest BCUT2D eigenvalue weighted by Crippen LogP contribution is 2.29. The number of halogens is 1. The number of alkyl halides is 1. The van der Waals surface area contributed by atoms with Gasteiger partial charge in [-0.25, -0.2) is 0 Å². The van der Waals surface area contributed by atoms with Crippen molar-refractivity contribution in [1.29, 1.82) is 0 Å². The normalized spacial score (nSPS) is 14.0. The molecule has 6 nitrogen and oxygen atoms in total. The molecule has 30 heavy (non-hydrogen) atoms. The summed E-state index contributed by atoms with van der Waals surface area (Å²) >= 11 is 5.87. The summed E-state index contributed by atoms with van der Waals surface area (Å²) in [6.07, 6.45) is 1.65. The number of hydrogen-bond donors (Lipinski definition) is 2. The molecule has 0 radical (unpaired) electrons. The summed E-state index contributed by atoms with van der Waals surface area (Å²) in [5.74, 6) is -0.474. The van der Waals surface area contributed by atoms with Crippen molar-refractivity contribution < 1.29 is 14.3 Å². The first kappa shape index (κ1) is 22.1. The van der Waals surface area contributed by atoms with Crippen LogP contribution in [0.5, 0.6) is 0 Å². The highest BCUT2D eigenvalue weighted by Gasteiger charge is 2.22. The predicted molar refractivity (Wildman–Crippen MR) is 120 cm³/mol. The lowest BCUT2D eigenvalue weighted by Gasteiger charge is -2.32. The van der Waals surface area contributed by atoms with Crippen LogP contribution >= 0.6 is 11.6 Å². The molecule has 0 fully saturated rings. The maximum atomic E-state index is 13.0. The van der Waals surface area contributed by atoms with Crippen LogP contribution in [0.4, 0.5) is 11.4 Å². The van der Waals surface area contributed by atoms with E-state index in [-0.39, 0.29) is 11.8 Å². The SMILES string of the molecule is COCCCNC(=O)c1cc(NC(=O)C(C)Cl)ccc1N1CCc2ccccc2C1. The number of carbonyl (C=O) groups excluding carboxylic acids is 2. The van der Waals surface area contributed by atoms with Gasteiger partial charge >= 0.3 is 0 Å². The van der Waals surface area contributed by atoms with E-state index in [1.165, 1.54) is 11.1 Å². The first-order valence-corrected chi connectivity index (χ1v) is 10.6. The minimum absolute atomic E-state index is 0.171. The topological polar surface area (TPSA) is 70.7 Å². The molecule has 160 valence electrons. The number of hydrogen-bond acceptors (Lipinski definition) is 4. The summed E-state index contributed by atoms with van der Waals surface area (Å²) in [5, 5.41) is 5.06. The Morgan fingerprint density at radius 2 is 1.97 bits per heavy atom. The van der Waals surface area contributed by atoms with E-state index >= 15 is 0 Å². The van der Waals surface area contributed by atoms with Gasteiger partial charge in [0.15, 0.2) is 0 Å². The van der Waals surface area contributed by atoms with Crippen LogP contribution < -0.4 is 15.5 Å². The molecular formula is C23H28ClN3O3. The fourth-order valence-corrected chi connectivity index (χ4v) is 3.58. The van der Waals surface area contributed by atoms with Crippen molar-refractivity contribution in [3.8, 4) is 0 Å². The summed E-state index contributed by atoms with van der Waals surface area (Å²) in [6, 6.07) is 13.8. The molecule has 1 atom stereocenters. The lowest BCUT2D eigenvalue weighted by atomic mass is 9.98. The molecule has 0 saturated heterocycles. The van der Waals surface area contributed by atoms with Gasteiger partial charge in [0.25, 0.3) is 5.91 Å². The van der Waals surface area contributed by atoms with Gasteiger partial charge in [-0.1, -0.05) is 24.3 Å². The van der Waals surface area contributed by atoms with Gasteiger partial charge in [-0.05, 0) is 49.1 Å². The third kappa shape index (κ3) is 5.52. The molecule has 0 aliphatic carbocycles. The first-order valence-electron chi connectivity index (χ1n) is 10.2. The number of nitrogens with zero attached hydrogens (tertiary/aromatic N) is 1. The molecule has 3 rings (SSSR count). The number of methoxy groups -OCH3 is 1. The standard InChI is InChI=1S/C23H28ClN3O3/c1-16(24)22(28)26-19-8-9-21(20(14-19)23(29)25-11-5-13-30-2)27-12-10-17-6-3-4-7-18(17)15-27/h3-4,6-9,14,16H,5,10-13,15H2,1-2H3,(H,25,29)(H,26,28). The molecule has 0 saturated carbocycles. The van der Waals surface area contributed by atoms with Gasteiger partial charge in [0, 0.05) is 44.7 Å². The Hall–Kier alpha value is -2.57. The Morgan fingerprint density at radius 3 is 2.70 bits per heavy atom. The van der Waals surface area contributed by atoms with Gasteiger partial charge in [-0.15, -0.1) is 11.6 Å². The number of ether oxygens (including phenoxy) is 1. The van der Waals surface area contributed by atoms with E-state index in [4.69, 9.17) is 16.3 Å². The fraction of sp³-hybridized carbons (Fsp3) is 0.391. The van der Waals surface area contributed by atoms with E-state index in [2.05, 4.69) is 33.7 Å². The van der Waals surface area contributed by atoms with Crippen molar-refractivity contribution in [2.75, 3.05) is 37.0 Å². The Kier molecular flexibility index (Phi) is 7.71. The summed E-state index contributed by atoms with van der Waals surface area (Å²) < 4.78 is 5.05. The van der Waals surface area contributed by atoms with Gasteiger partial charge in [-0.3, -0.25) is 9.59 Å². The molecule has 1 unspecified atom stereocenters. The fourth-order valence-electron chi connectivity index (χ4n) is 3.53. The van der Waals surface area contributed by atoms with Crippen molar-refractivity contribution in [1.82, 2.24) is 5.32 Å². The number of rotatable bonds is 8. The average Bonchev–Trinajstić information content (AvgIpc) is 2.76. The molecule has 2 aromatic carbocycles. The monoisotopic (exact) mass is 429 g/mol. The number of benzene rings is 2. The molecule has 2 amide bonds. The second-order valence-electron chi connectivity index (χ2n) is 7.38. The van der Waals surface area contributed by atoms with Crippen LogP contribution in [-0.4, -0.2) is 44.0 Å². The summed E-state index contributed by atoms with van der Waals surface area (Å²) in [7, 11) is 1.64. The van der Waals surface area contributed by atoms with Crippen molar-refractivity contribution in [2.24, 2.45) is 0 Å². The minimum atomic E-state index is -0.658. The van der Waals surface area contributed by atoms with Crippen LogP contribution in [0.3, 0.4) is 0 Å². The van der Waals surface area contributed by atoms with Crippen LogP contribution in [0.25, 0.3) is 0 Å². The van der Waals surface area contributed by atoms with E-state index < -0.39 is 5.38 Å². The molecule has 0 bridgehead atoms.